The molecule has 0 spiro atoms. The average Bonchev–Trinajstić information content (AvgIpc) is 1.89. The standard InChI is InChI=1S/C3H7F2O4P/c1-7-10(6,8-2-4)9-3-5/h2-3H2,1H3. The third-order valence-corrected chi connectivity index (χ3v) is 1.91. The van der Waals surface area contributed by atoms with E-state index in [1.807, 2.05) is 0 Å². The summed E-state index contributed by atoms with van der Waals surface area (Å²) in [6.07, 6.45) is 0. The molecule has 0 heterocycles. The molecule has 7 heteroatoms. The summed E-state index contributed by atoms with van der Waals surface area (Å²) in [5.41, 5.74) is 0. The summed E-state index contributed by atoms with van der Waals surface area (Å²) in [6, 6.07) is 0. The van der Waals surface area contributed by atoms with Gasteiger partial charge in [0, 0.05) is 7.11 Å². The molecule has 0 radical (unpaired) electrons. The lowest BCUT2D eigenvalue weighted by Crippen LogP contribution is -1.95. The zero-order chi connectivity index (χ0) is 8.04. The van der Waals surface area contributed by atoms with Crippen LogP contribution in [0.15, 0.2) is 0 Å². The van der Waals surface area contributed by atoms with Crippen molar-refractivity contribution in [1.82, 2.24) is 0 Å². The van der Waals surface area contributed by atoms with Crippen molar-refractivity contribution in [3.05, 3.63) is 0 Å². The molecule has 0 atom stereocenters. The highest BCUT2D eigenvalue weighted by molar-refractivity contribution is 7.48. The van der Waals surface area contributed by atoms with Crippen LogP contribution < -0.4 is 0 Å². The van der Waals surface area contributed by atoms with Crippen LogP contribution in [0.3, 0.4) is 0 Å². The normalized spacial score (nSPS) is 11.9. The zero-order valence-electron chi connectivity index (χ0n) is 5.25. The van der Waals surface area contributed by atoms with Crippen molar-refractivity contribution in [2.24, 2.45) is 0 Å². The molecule has 0 N–H and O–H groups in total. The van der Waals surface area contributed by atoms with Gasteiger partial charge in [0.2, 0.25) is 0 Å². The molecule has 0 aromatic heterocycles. The zero-order valence-corrected chi connectivity index (χ0v) is 6.14. The average molecular weight is 176 g/mol. The molecule has 0 fully saturated rings. The summed E-state index contributed by atoms with van der Waals surface area (Å²) in [5.74, 6) is 0. The van der Waals surface area contributed by atoms with Crippen LogP contribution in [0.5, 0.6) is 0 Å². The van der Waals surface area contributed by atoms with Crippen molar-refractivity contribution in [3.63, 3.8) is 0 Å². The van der Waals surface area contributed by atoms with E-state index >= 15 is 0 Å². The molecule has 10 heavy (non-hydrogen) atoms. The van der Waals surface area contributed by atoms with E-state index in [2.05, 4.69) is 13.6 Å². The molecular formula is C3H7F2O4P. The van der Waals surface area contributed by atoms with Gasteiger partial charge >= 0.3 is 7.82 Å². The van der Waals surface area contributed by atoms with Gasteiger partial charge in [0.15, 0.2) is 13.7 Å². The summed E-state index contributed by atoms with van der Waals surface area (Å²) in [6.45, 7) is -2.68. The summed E-state index contributed by atoms with van der Waals surface area (Å²) in [7, 11) is -2.99. The van der Waals surface area contributed by atoms with Crippen molar-refractivity contribution in [3.8, 4) is 0 Å². The van der Waals surface area contributed by atoms with Crippen molar-refractivity contribution in [2.75, 3.05) is 20.8 Å². The second-order valence-corrected chi connectivity index (χ2v) is 2.88. The van der Waals surface area contributed by atoms with Crippen LogP contribution in [0, 0.1) is 0 Å². The maximum Gasteiger partial charge on any atom is 0.479 e. The van der Waals surface area contributed by atoms with E-state index in [4.69, 9.17) is 0 Å². The maximum absolute atomic E-state index is 11.3. The molecule has 0 unspecified atom stereocenters. The van der Waals surface area contributed by atoms with Gasteiger partial charge in [-0.05, 0) is 0 Å². The Labute approximate surface area is 56.7 Å². The summed E-state index contributed by atoms with van der Waals surface area (Å²) < 4.78 is 45.0. The molecule has 0 saturated heterocycles. The molecule has 0 aromatic rings. The Morgan fingerprint density at radius 3 is 1.90 bits per heavy atom. The van der Waals surface area contributed by atoms with E-state index < -0.39 is 21.5 Å². The molecule has 0 amide bonds. The molecule has 0 saturated carbocycles. The van der Waals surface area contributed by atoms with E-state index in [0.717, 1.165) is 7.11 Å². The van der Waals surface area contributed by atoms with Gasteiger partial charge in [-0.25, -0.2) is 13.3 Å². The lowest BCUT2D eigenvalue weighted by atomic mass is 11.6. The Balaban J connectivity index is 3.83. The highest BCUT2D eigenvalue weighted by atomic mass is 31.2. The monoisotopic (exact) mass is 176 g/mol. The molecule has 0 aliphatic heterocycles. The summed E-state index contributed by atoms with van der Waals surface area (Å²) in [4.78, 5) is 0. The van der Waals surface area contributed by atoms with Gasteiger partial charge in [-0.1, -0.05) is 0 Å². The number of halogens is 2. The predicted molar refractivity (Wildman–Crippen MR) is 28.7 cm³/mol. The van der Waals surface area contributed by atoms with Crippen LogP contribution in [-0.4, -0.2) is 20.8 Å². The predicted octanol–water partition coefficient (Wildman–Crippen LogP) is 1.63. The lowest BCUT2D eigenvalue weighted by Gasteiger charge is -2.10. The quantitative estimate of drug-likeness (QED) is 0.597. The second kappa shape index (κ2) is 4.73. The second-order valence-electron chi connectivity index (χ2n) is 1.11. The van der Waals surface area contributed by atoms with Gasteiger partial charge in [0.05, 0.1) is 0 Å². The van der Waals surface area contributed by atoms with Crippen LogP contribution in [0.4, 0.5) is 8.78 Å². The lowest BCUT2D eigenvalue weighted by molar-refractivity contribution is 0.0660. The van der Waals surface area contributed by atoms with Crippen LogP contribution >= 0.6 is 7.82 Å². The minimum atomic E-state index is -3.95. The van der Waals surface area contributed by atoms with Crippen molar-refractivity contribution >= 4 is 7.82 Å². The van der Waals surface area contributed by atoms with Gasteiger partial charge in [-0.3, -0.25) is 13.6 Å². The van der Waals surface area contributed by atoms with Crippen LogP contribution in [-0.2, 0) is 18.1 Å². The fourth-order valence-electron chi connectivity index (χ4n) is 0.262. The highest BCUT2D eigenvalue weighted by Crippen LogP contribution is 2.48. The number of hydrogen-bond acceptors (Lipinski definition) is 4. The smallest absolute Gasteiger partial charge is 0.290 e. The number of rotatable bonds is 5. The van der Waals surface area contributed by atoms with Crippen molar-refractivity contribution in [1.29, 1.82) is 0 Å². The fraction of sp³-hybridized carbons (Fsp3) is 1.00. The van der Waals surface area contributed by atoms with Crippen LogP contribution in [0.1, 0.15) is 0 Å². The molecule has 0 aliphatic rings. The van der Waals surface area contributed by atoms with Crippen molar-refractivity contribution in [2.45, 2.75) is 0 Å². The van der Waals surface area contributed by atoms with Gasteiger partial charge in [-0.2, -0.15) is 0 Å². The molecule has 0 aliphatic carbocycles. The number of alkyl halides is 2. The summed E-state index contributed by atoms with van der Waals surface area (Å²) in [5, 5.41) is 0. The fourth-order valence-corrected chi connectivity index (χ4v) is 0.787. The number of phosphoric ester groups is 1. The third kappa shape index (κ3) is 3.22. The molecular weight excluding hydrogens is 169 g/mol. The Hall–Kier alpha value is -0.0300. The van der Waals surface area contributed by atoms with Crippen LogP contribution in [0.25, 0.3) is 0 Å². The summed E-state index contributed by atoms with van der Waals surface area (Å²) >= 11 is 0. The Morgan fingerprint density at radius 2 is 1.70 bits per heavy atom. The van der Waals surface area contributed by atoms with Gasteiger partial charge in [0.25, 0.3) is 0 Å². The van der Waals surface area contributed by atoms with Gasteiger partial charge < -0.3 is 0 Å². The molecule has 0 aromatic carbocycles. The highest BCUT2D eigenvalue weighted by Gasteiger charge is 2.24. The van der Waals surface area contributed by atoms with Gasteiger partial charge in [0.1, 0.15) is 0 Å². The first kappa shape index (κ1) is 9.97. The Bertz CT molecular complexity index is 120. The number of phosphoric acid groups is 1. The SMILES string of the molecule is COP(=O)(OCF)OCF. The van der Waals surface area contributed by atoms with E-state index in [-0.39, 0.29) is 0 Å². The topological polar surface area (TPSA) is 44.8 Å². The van der Waals surface area contributed by atoms with Crippen LogP contribution in [0.2, 0.25) is 0 Å². The first-order chi connectivity index (χ1) is 4.68. The molecule has 0 rings (SSSR count). The Kier molecular flexibility index (Phi) is 4.72. The third-order valence-electron chi connectivity index (χ3n) is 0.637. The minimum absolute atomic E-state index is 0.964. The number of hydrogen-bond donors (Lipinski definition) is 0. The molecule has 4 nitrogen and oxygen atoms in total. The molecule has 62 valence electrons. The first-order valence-corrected chi connectivity index (χ1v) is 3.71. The van der Waals surface area contributed by atoms with E-state index in [1.54, 1.807) is 0 Å². The Morgan fingerprint density at radius 1 is 1.30 bits per heavy atom. The van der Waals surface area contributed by atoms with E-state index in [1.165, 1.54) is 0 Å². The van der Waals surface area contributed by atoms with E-state index in [9.17, 15) is 13.3 Å². The maximum atomic E-state index is 11.3. The van der Waals surface area contributed by atoms with E-state index in [0.29, 0.717) is 0 Å². The minimum Gasteiger partial charge on any atom is -0.290 e. The molecule has 0 bridgehead atoms. The van der Waals surface area contributed by atoms with Crippen molar-refractivity contribution < 1.29 is 26.9 Å². The first-order valence-electron chi connectivity index (χ1n) is 2.25. The van der Waals surface area contributed by atoms with Gasteiger partial charge in [-0.15, -0.1) is 0 Å². The largest absolute Gasteiger partial charge is 0.479 e.